The van der Waals surface area contributed by atoms with Crippen LogP contribution in [0.2, 0.25) is 0 Å². The minimum atomic E-state index is -0.669. The topological polar surface area (TPSA) is 96.5 Å². The van der Waals surface area contributed by atoms with Gasteiger partial charge < -0.3 is 20.7 Å². The Hall–Kier alpha value is -2.05. The van der Waals surface area contributed by atoms with Gasteiger partial charge in [-0.05, 0) is 51.9 Å². The summed E-state index contributed by atoms with van der Waals surface area (Å²) >= 11 is 0. The van der Waals surface area contributed by atoms with E-state index >= 15 is 0 Å². The van der Waals surface area contributed by atoms with Crippen LogP contribution in [0, 0.1) is 0 Å². The minimum Gasteiger partial charge on any atom is -0.464 e. The molecule has 0 fully saturated rings. The van der Waals surface area contributed by atoms with Crippen molar-refractivity contribution in [3.8, 4) is 0 Å². The SMILES string of the molecule is C=CCCCCCCCCNC(=O)NC(CCCCNC(=O)CCCCCCCCCCC)C(=O)OCC. The number of nitrogens with one attached hydrogen (secondary N) is 3. The predicted molar refractivity (Wildman–Crippen MR) is 158 cm³/mol. The Balaban J connectivity index is 3.92. The van der Waals surface area contributed by atoms with E-state index in [-0.39, 0.29) is 18.5 Å². The van der Waals surface area contributed by atoms with E-state index < -0.39 is 12.0 Å². The number of rotatable bonds is 27. The first-order chi connectivity index (χ1) is 18.5. The first-order valence-electron chi connectivity index (χ1n) is 15.6. The Morgan fingerprint density at radius 3 is 1.89 bits per heavy atom. The molecule has 0 aromatic rings. The summed E-state index contributed by atoms with van der Waals surface area (Å²) in [5, 5.41) is 8.59. The molecule has 3 amide bonds. The molecule has 0 saturated carbocycles. The van der Waals surface area contributed by atoms with E-state index in [9.17, 15) is 14.4 Å². The van der Waals surface area contributed by atoms with Crippen molar-refractivity contribution in [1.29, 1.82) is 0 Å². The molecule has 0 bridgehead atoms. The van der Waals surface area contributed by atoms with E-state index in [0.717, 1.165) is 38.5 Å². The van der Waals surface area contributed by atoms with E-state index in [1.54, 1.807) is 6.92 Å². The van der Waals surface area contributed by atoms with Crippen LogP contribution < -0.4 is 16.0 Å². The fourth-order valence-corrected chi connectivity index (χ4v) is 4.41. The molecule has 0 aliphatic rings. The van der Waals surface area contributed by atoms with E-state index in [1.165, 1.54) is 70.6 Å². The van der Waals surface area contributed by atoms with Crippen LogP contribution in [0.15, 0.2) is 12.7 Å². The monoisotopic (exact) mass is 537 g/mol. The molecule has 0 saturated heterocycles. The first-order valence-corrected chi connectivity index (χ1v) is 15.6. The Bertz CT molecular complexity index is 598. The standard InChI is InChI=1S/C31H59N3O4/c1-4-7-9-11-13-15-16-18-20-25-29(35)32-26-23-21-24-28(30(36)38-6-3)34-31(37)33-27-22-19-17-14-12-10-8-5-2/h5,28H,2,4,6-27H2,1,3H3,(H,32,35)(H2,33,34,37). The van der Waals surface area contributed by atoms with E-state index in [4.69, 9.17) is 4.74 Å². The maximum atomic E-state index is 12.3. The van der Waals surface area contributed by atoms with Gasteiger partial charge in [0.25, 0.3) is 0 Å². The summed E-state index contributed by atoms with van der Waals surface area (Å²) in [6.07, 6.45) is 23.6. The van der Waals surface area contributed by atoms with Crippen LogP contribution in [0.5, 0.6) is 0 Å². The van der Waals surface area contributed by atoms with Gasteiger partial charge in [0.2, 0.25) is 5.91 Å². The number of ether oxygens (including phenoxy) is 1. The molecule has 0 radical (unpaired) electrons. The molecule has 0 heterocycles. The molecule has 38 heavy (non-hydrogen) atoms. The largest absolute Gasteiger partial charge is 0.464 e. The Morgan fingerprint density at radius 1 is 0.711 bits per heavy atom. The molecule has 3 N–H and O–H groups in total. The lowest BCUT2D eigenvalue weighted by atomic mass is 10.1. The maximum absolute atomic E-state index is 12.3. The number of amides is 3. The molecule has 7 heteroatoms. The van der Waals surface area contributed by atoms with Crippen molar-refractivity contribution in [2.75, 3.05) is 19.7 Å². The van der Waals surface area contributed by atoms with Crippen molar-refractivity contribution in [3.63, 3.8) is 0 Å². The molecule has 0 spiro atoms. The zero-order valence-corrected chi connectivity index (χ0v) is 24.8. The zero-order chi connectivity index (χ0) is 28.1. The highest BCUT2D eigenvalue weighted by atomic mass is 16.5. The second-order valence-electron chi connectivity index (χ2n) is 10.3. The molecule has 1 unspecified atom stereocenters. The smallest absolute Gasteiger partial charge is 0.328 e. The van der Waals surface area contributed by atoms with Crippen LogP contribution in [0.4, 0.5) is 4.79 Å². The molecule has 222 valence electrons. The Kier molecular flexibility index (Phi) is 26.5. The Labute approximate surface area is 233 Å². The van der Waals surface area contributed by atoms with E-state index in [2.05, 4.69) is 29.5 Å². The Morgan fingerprint density at radius 2 is 1.26 bits per heavy atom. The van der Waals surface area contributed by atoms with Gasteiger partial charge in [0.15, 0.2) is 0 Å². The van der Waals surface area contributed by atoms with Gasteiger partial charge in [0.05, 0.1) is 6.61 Å². The van der Waals surface area contributed by atoms with Gasteiger partial charge in [-0.3, -0.25) is 4.79 Å². The van der Waals surface area contributed by atoms with Crippen LogP contribution >= 0.6 is 0 Å². The number of carbonyl (C=O) groups is 3. The van der Waals surface area contributed by atoms with Crippen LogP contribution in [-0.4, -0.2) is 43.6 Å². The van der Waals surface area contributed by atoms with Gasteiger partial charge in [-0.1, -0.05) is 90.0 Å². The first kappa shape index (κ1) is 35.9. The summed E-state index contributed by atoms with van der Waals surface area (Å²) in [7, 11) is 0. The van der Waals surface area contributed by atoms with Gasteiger partial charge in [-0.15, -0.1) is 6.58 Å². The summed E-state index contributed by atoms with van der Waals surface area (Å²) in [5.74, 6) is -0.305. The van der Waals surface area contributed by atoms with Crippen LogP contribution in [-0.2, 0) is 14.3 Å². The molecule has 0 aliphatic heterocycles. The number of carbonyl (C=O) groups excluding carboxylic acids is 3. The summed E-state index contributed by atoms with van der Waals surface area (Å²) < 4.78 is 5.14. The molecule has 0 aliphatic carbocycles. The van der Waals surface area contributed by atoms with Crippen molar-refractivity contribution in [3.05, 3.63) is 12.7 Å². The maximum Gasteiger partial charge on any atom is 0.328 e. The third kappa shape index (κ3) is 24.3. The fourth-order valence-electron chi connectivity index (χ4n) is 4.41. The van der Waals surface area contributed by atoms with Crippen LogP contribution in [0.25, 0.3) is 0 Å². The highest BCUT2D eigenvalue weighted by Gasteiger charge is 2.21. The van der Waals surface area contributed by atoms with Crippen molar-refractivity contribution in [2.45, 2.75) is 148 Å². The molecule has 0 aromatic carbocycles. The third-order valence-corrected chi connectivity index (χ3v) is 6.75. The number of hydrogen-bond acceptors (Lipinski definition) is 4. The summed E-state index contributed by atoms with van der Waals surface area (Å²) in [6, 6.07) is -0.999. The van der Waals surface area contributed by atoms with Crippen LogP contribution in [0.1, 0.15) is 142 Å². The van der Waals surface area contributed by atoms with Crippen molar-refractivity contribution in [1.82, 2.24) is 16.0 Å². The number of unbranched alkanes of at least 4 members (excludes halogenated alkanes) is 15. The highest BCUT2D eigenvalue weighted by Crippen LogP contribution is 2.11. The van der Waals surface area contributed by atoms with Gasteiger partial charge >= 0.3 is 12.0 Å². The highest BCUT2D eigenvalue weighted by molar-refractivity contribution is 5.83. The van der Waals surface area contributed by atoms with E-state index in [1.807, 2.05) is 6.08 Å². The minimum absolute atomic E-state index is 0.101. The van der Waals surface area contributed by atoms with E-state index in [0.29, 0.717) is 32.4 Å². The average molecular weight is 538 g/mol. The van der Waals surface area contributed by atoms with Crippen molar-refractivity contribution in [2.24, 2.45) is 0 Å². The summed E-state index contributed by atoms with van der Waals surface area (Å²) in [5.41, 5.74) is 0. The number of allylic oxidation sites excluding steroid dienone is 1. The average Bonchev–Trinajstić information content (AvgIpc) is 2.90. The lowest BCUT2D eigenvalue weighted by molar-refractivity contribution is -0.145. The molecule has 7 nitrogen and oxygen atoms in total. The molecule has 0 rings (SSSR count). The number of hydrogen-bond donors (Lipinski definition) is 3. The lowest BCUT2D eigenvalue weighted by Gasteiger charge is -2.18. The fraction of sp³-hybridized carbons (Fsp3) is 0.839. The van der Waals surface area contributed by atoms with Gasteiger partial charge in [-0.25, -0.2) is 9.59 Å². The van der Waals surface area contributed by atoms with Gasteiger partial charge in [0, 0.05) is 19.5 Å². The quantitative estimate of drug-likeness (QED) is 0.0580. The van der Waals surface area contributed by atoms with Crippen molar-refractivity contribution < 1.29 is 19.1 Å². The number of urea groups is 1. The second-order valence-corrected chi connectivity index (χ2v) is 10.3. The molecule has 0 aromatic heterocycles. The second kappa shape index (κ2) is 28.0. The summed E-state index contributed by atoms with van der Waals surface area (Å²) in [6.45, 7) is 9.20. The van der Waals surface area contributed by atoms with Gasteiger partial charge in [-0.2, -0.15) is 0 Å². The predicted octanol–water partition coefficient (Wildman–Crippen LogP) is 7.34. The van der Waals surface area contributed by atoms with Crippen molar-refractivity contribution >= 4 is 17.9 Å². The molecular formula is C31H59N3O4. The normalized spacial score (nSPS) is 11.5. The van der Waals surface area contributed by atoms with Gasteiger partial charge in [0.1, 0.15) is 6.04 Å². The lowest BCUT2D eigenvalue weighted by Crippen LogP contribution is -2.47. The molecule has 1 atom stereocenters. The third-order valence-electron chi connectivity index (χ3n) is 6.75. The number of esters is 1. The zero-order valence-electron chi connectivity index (χ0n) is 24.8. The molecular weight excluding hydrogens is 478 g/mol. The summed E-state index contributed by atoms with van der Waals surface area (Å²) in [4.78, 5) is 36.6. The van der Waals surface area contributed by atoms with Crippen LogP contribution in [0.3, 0.4) is 0 Å².